The number of carbonyl (C=O) groups excluding carboxylic acids is 2. The molecule has 1 amide bonds. The Labute approximate surface area is 176 Å². The quantitative estimate of drug-likeness (QED) is 0.660. The number of esters is 1. The van der Waals surface area contributed by atoms with E-state index in [0.29, 0.717) is 29.1 Å². The van der Waals surface area contributed by atoms with Gasteiger partial charge < -0.3 is 19.2 Å². The maximum absolute atomic E-state index is 13.7. The van der Waals surface area contributed by atoms with Gasteiger partial charge in [-0.3, -0.25) is 4.79 Å². The topological polar surface area (TPSA) is 67.3 Å². The number of hydrogen-bond acceptors (Lipinski definition) is 3. The van der Waals surface area contributed by atoms with Gasteiger partial charge in [0, 0.05) is 30.7 Å². The van der Waals surface area contributed by atoms with E-state index < -0.39 is 5.97 Å². The van der Waals surface area contributed by atoms with Gasteiger partial charge in [-0.2, -0.15) is 0 Å². The first-order valence-electron chi connectivity index (χ1n) is 10.3. The van der Waals surface area contributed by atoms with Crippen molar-refractivity contribution in [1.29, 1.82) is 0 Å². The normalized spacial score (nSPS) is 15.9. The number of aryl methyl sites for hydroxylation is 1. The zero-order valence-corrected chi connectivity index (χ0v) is 17.8. The second-order valence-corrected chi connectivity index (χ2v) is 8.02. The molecule has 4 rings (SSSR count). The molecule has 1 N–H and O–H groups in total. The van der Waals surface area contributed by atoms with E-state index in [1.807, 2.05) is 55.1 Å². The Bertz CT molecular complexity index is 1080. The summed E-state index contributed by atoms with van der Waals surface area (Å²) in [4.78, 5) is 31.3. The van der Waals surface area contributed by atoms with E-state index in [0.717, 1.165) is 17.8 Å². The third-order valence-corrected chi connectivity index (χ3v) is 5.61. The van der Waals surface area contributed by atoms with Gasteiger partial charge in [-0.15, -0.1) is 0 Å². The van der Waals surface area contributed by atoms with Crippen molar-refractivity contribution < 1.29 is 14.3 Å². The summed E-state index contributed by atoms with van der Waals surface area (Å²) in [6, 6.07) is 13.9. The smallest absolute Gasteiger partial charge is 0.340 e. The molecular formula is C24H27N3O3. The fourth-order valence-electron chi connectivity index (χ4n) is 4.27. The van der Waals surface area contributed by atoms with Gasteiger partial charge in [-0.1, -0.05) is 30.3 Å². The van der Waals surface area contributed by atoms with Crippen LogP contribution in [-0.4, -0.2) is 39.0 Å². The molecule has 1 aliphatic heterocycles. The van der Waals surface area contributed by atoms with Crippen LogP contribution >= 0.6 is 0 Å². The van der Waals surface area contributed by atoms with E-state index in [-0.39, 0.29) is 18.1 Å². The molecule has 3 heterocycles. The predicted octanol–water partition coefficient (Wildman–Crippen LogP) is 4.24. The van der Waals surface area contributed by atoms with E-state index in [1.54, 1.807) is 13.8 Å². The molecule has 30 heavy (non-hydrogen) atoms. The first-order chi connectivity index (χ1) is 14.4. The molecular weight excluding hydrogens is 378 g/mol. The molecule has 1 atom stereocenters. The van der Waals surface area contributed by atoms with E-state index in [2.05, 4.69) is 21.8 Å². The highest BCUT2D eigenvalue weighted by atomic mass is 16.5. The summed E-state index contributed by atoms with van der Waals surface area (Å²) < 4.78 is 7.57. The van der Waals surface area contributed by atoms with Crippen LogP contribution in [-0.2, 0) is 11.3 Å². The molecule has 0 aliphatic carbocycles. The van der Waals surface area contributed by atoms with Gasteiger partial charge in [0.15, 0.2) is 0 Å². The zero-order valence-electron chi connectivity index (χ0n) is 17.8. The number of hydrogen-bond donors (Lipinski definition) is 1. The molecule has 0 unspecified atom stereocenters. The number of benzene rings is 1. The van der Waals surface area contributed by atoms with Crippen molar-refractivity contribution in [1.82, 2.24) is 14.5 Å². The van der Waals surface area contributed by atoms with Gasteiger partial charge in [0.05, 0.1) is 17.7 Å². The van der Waals surface area contributed by atoms with E-state index >= 15 is 0 Å². The van der Waals surface area contributed by atoms with E-state index in [9.17, 15) is 9.59 Å². The van der Waals surface area contributed by atoms with Gasteiger partial charge >= 0.3 is 5.97 Å². The largest absolute Gasteiger partial charge is 0.459 e. The van der Waals surface area contributed by atoms with Gasteiger partial charge in [-0.25, -0.2) is 4.79 Å². The fourth-order valence-corrected chi connectivity index (χ4v) is 4.27. The van der Waals surface area contributed by atoms with Gasteiger partial charge in [0.1, 0.15) is 5.69 Å². The van der Waals surface area contributed by atoms with Crippen molar-refractivity contribution in [2.75, 3.05) is 6.54 Å². The van der Waals surface area contributed by atoms with Crippen molar-refractivity contribution in [2.45, 2.75) is 46.4 Å². The number of aromatic amines is 1. The molecule has 0 radical (unpaired) electrons. The first-order valence-corrected chi connectivity index (χ1v) is 10.3. The van der Waals surface area contributed by atoms with Crippen molar-refractivity contribution in [3.8, 4) is 0 Å². The lowest BCUT2D eigenvalue weighted by Gasteiger charge is -2.37. The SMILES string of the molecule is Cc1[nH]c(C(=O)N2CCn3cccc3[C@@H]2c2ccccc2)c(C)c1C(=O)OC(C)C. The molecule has 1 aromatic carbocycles. The third-order valence-electron chi connectivity index (χ3n) is 5.61. The predicted molar refractivity (Wildman–Crippen MR) is 115 cm³/mol. The van der Waals surface area contributed by atoms with Gasteiger partial charge in [-0.05, 0) is 51.0 Å². The molecule has 0 saturated carbocycles. The number of fused-ring (bicyclic) bond motifs is 1. The van der Waals surface area contributed by atoms with Crippen LogP contribution in [0, 0.1) is 13.8 Å². The first kappa shape index (κ1) is 20.0. The lowest BCUT2D eigenvalue weighted by molar-refractivity contribution is 0.0376. The Hall–Kier alpha value is -3.28. The summed E-state index contributed by atoms with van der Waals surface area (Å²) in [6.45, 7) is 8.56. The zero-order chi connectivity index (χ0) is 21.4. The van der Waals surface area contributed by atoms with Crippen LogP contribution in [0.5, 0.6) is 0 Å². The molecule has 156 valence electrons. The van der Waals surface area contributed by atoms with Crippen molar-refractivity contribution in [2.24, 2.45) is 0 Å². The fraction of sp³-hybridized carbons (Fsp3) is 0.333. The molecule has 0 saturated heterocycles. The maximum Gasteiger partial charge on any atom is 0.340 e. The summed E-state index contributed by atoms with van der Waals surface area (Å²) in [7, 11) is 0. The highest BCUT2D eigenvalue weighted by Crippen LogP contribution is 2.34. The Morgan fingerprint density at radius 3 is 2.50 bits per heavy atom. The highest BCUT2D eigenvalue weighted by Gasteiger charge is 2.35. The second-order valence-electron chi connectivity index (χ2n) is 8.02. The number of nitrogens with one attached hydrogen (secondary N) is 1. The number of H-pyrrole nitrogens is 1. The van der Waals surface area contributed by atoms with Crippen LogP contribution in [0.15, 0.2) is 48.7 Å². The lowest BCUT2D eigenvalue weighted by atomic mass is 9.99. The summed E-state index contributed by atoms with van der Waals surface area (Å²) in [5.41, 5.74) is 4.33. The van der Waals surface area contributed by atoms with Crippen LogP contribution in [0.25, 0.3) is 0 Å². The highest BCUT2D eigenvalue weighted by molar-refractivity contribution is 6.00. The Morgan fingerprint density at radius 1 is 1.07 bits per heavy atom. The summed E-state index contributed by atoms with van der Waals surface area (Å²) >= 11 is 0. The number of nitrogens with zero attached hydrogens (tertiary/aromatic N) is 2. The molecule has 0 fully saturated rings. The van der Waals surface area contributed by atoms with Gasteiger partial charge in [0.2, 0.25) is 0 Å². The number of aromatic nitrogens is 2. The third kappa shape index (κ3) is 3.43. The van der Waals surface area contributed by atoms with Crippen LogP contribution in [0.4, 0.5) is 0 Å². The summed E-state index contributed by atoms with van der Waals surface area (Å²) in [5.74, 6) is -0.511. The van der Waals surface area contributed by atoms with Crippen LogP contribution < -0.4 is 0 Å². The molecule has 1 aliphatic rings. The summed E-state index contributed by atoms with van der Waals surface area (Å²) in [6.07, 6.45) is 1.83. The average molecular weight is 405 g/mol. The minimum absolute atomic E-state index is 0.111. The van der Waals surface area contributed by atoms with Crippen molar-refractivity contribution in [3.05, 3.63) is 82.4 Å². The van der Waals surface area contributed by atoms with Crippen molar-refractivity contribution >= 4 is 11.9 Å². The van der Waals surface area contributed by atoms with Crippen molar-refractivity contribution in [3.63, 3.8) is 0 Å². The summed E-state index contributed by atoms with van der Waals surface area (Å²) in [5, 5.41) is 0. The second kappa shape index (κ2) is 7.86. The molecule has 6 nitrogen and oxygen atoms in total. The number of amides is 1. The molecule has 0 bridgehead atoms. The Kier molecular flexibility index (Phi) is 5.24. The minimum atomic E-state index is -0.401. The molecule has 2 aromatic heterocycles. The Balaban J connectivity index is 1.73. The van der Waals surface area contributed by atoms with Crippen LogP contribution in [0.2, 0.25) is 0 Å². The van der Waals surface area contributed by atoms with E-state index in [1.165, 1.54) is 0 Å². The maximum atomic E-state index is 13.7. The van der Waals surface area contributed by atoms with Crippen LogP contribution in [0.3, 0.4) is 0 Å². The lowest BCUT2D eigenvalue weighted by Crippen LogP contribution is -2.42. The number of ether oxygens (including phenoxy) is 1. The number of rotatable bonds is 4. The molecule has 3 aromatic rings. The van der Waals surface area contributed by atoms with E-state index in [4.69, 9.17) is 4.74 Å². The molecule has 0 spiro atoms. The average Bonchev–Trinajstić information content (AvgIpc) is 3.30. The Morgan fingerprint density at radius 2 is 1.80 bits per heavy atom. The molecule has 6 heteroatoms. The van der Waals surface area contributed by atoms with Gasteiger partial charge in [0.25, 0.3) is 5.91 Å². The monoisotopic (exact) mass is 405 g/mol. The standard InChI is InChI=1S/C24H27N3O3/c1-15(2)30-24(29)20-16(3)21(25-17(20)4)23(28)27-14-13-26-12-8-11-19(26)22(27)18-9-6-5-7-10-18/h5-12,15,22,25H,13-14H2,1-4H3/t22-/m0/s1. The minimum Gasteiger partial charge on any atom is -0.459 e. The number of carbonyl (C=O) groups is 2. The van der Waals surface area contributed by atoms with Crippen LogP contribution in [0.1, 0.15) is 63.3 Å².